The maximum absolute atomic E-state index is 8.98. The Morgan fingerprint density at radius 2 is 2.15 bits per heavy atom. The van der Waals surface area contributed by atoms with Gasteiger partial charge in [-0.1, -0.05) is 25.1 Å². The summed E-state index contributed by atoms with van der Waals surface area (Å²) in [7, 11) is 0. The molecule has 0 radical (unpaired) electrons. The zero-order chi connectivity index (χ0) is 14.4. The molecule has 1 atom stereocenters. The molecule has 1 unspecified atom stereocenters. The van der Waals surface area contributed by atoms with Crippen LogP contribution in [-0.4, -0.2) is 28.0 Å². The number of para-hydroxylation sites is 1. The fourth-order valence-corrected chi connectivity index (χ4v) is 2.44. The number of aliphatic hydroxyl groups is 1. The number of aromatic nitrogens is 2. The molecule has 0 bridgehead atoms. The smallest absolute Gasteiger partial charge is 0.0841 e. The third kappa shape index (κ3) is 3.58. The van der Waals surface area contributed by atoms with Gasteiger partial charge in [-0.15, -0.1) is 0 Å². The SMILES string of the molecule is CCn1nc(CNCCCC(C)CO)c2ccccc21. The van der Waals surface area contributed by atoms with E-state index >= 15 is 0 Å². The molecule has 2 N–H and O–H groups in total. The highest BCUT2D eigenvalue weighted by molar-refractivity contribution is 5.81. The van der Waals surface area contributed by atoms with Crippen molar-refractivity contribution in [3.63, 3.8) is 0 Å². The van der Waals surface area contributed by atoms with Crippen LogP contribution >= 0.6 is 0 Å². The Bertz CT molecular complexity index is 536. The Hall–Kier alpha value is -1.39. The van der Waals surface area contributed by atoms with Gasteiger partial charge in [-0.3, -0.25) is 4.68 Å². The molecule has 0 fully saturated rings. The van der Waals surface area contributed by atoms with Crippen LogP contribution in [-0.2, 0) is 13.1 Å². The summed E-state index contributed by atoms with van der Waals surface area (Å²) in [5.74, 6) is 0.400. The lowest BCUT2D eigenvalue weighted by atomic mass is 10.1. The van der Waals surface area contributed by atoms with Gasteiger partial charge < -0.3 is 10.4 Å². The van der Waals surface area contributed by atoms with Crippen LogP contribution in [0.1, 0.15) is 32.4 Å². The fourth-order valence-electron chi connectivity index (χ4n) is 2.44. The molecule has 0 amide bonds. The first-order valence-corrected chi connectivity index (χ1v) is 7.52. The predicted octanol–water partition coefficient (Wildman–Crippen LogP) is 2.55. The largest absolute Gasteiger partial charge is 0.396 e. The second-order valence-electron chi connectivity index (χ2n) is 5.39. The lowest BCUT2D eigenvalue weighted by Crippen LogP contribution is -2.16. The van der Waals surface area contributed by atoms with E-state index in [1.54, 1.807) is 0 Å². The number of aliphatic hydroxyl groups excluding tert-OH is 1. The van der Waals surface area contributed by atoms with Crippen LogP contribution in [0.4, 0.5) is 0 Å². The normalized spacial score (nSPS) is 12.9. The summed E-state index contributed by atoms with van der Waals surface area (Å²) in [6, 6.07) is 8.39. The van der Waals surface area contributed by atoms with Gasteiger partial charge in [0.05, 0.1) is 11.2 Å². The summed E-state index contributed by atoms with van der Waals surface area (Å²) < 4.78 is 2.06. The summed E-state index contributed by atoms with van der Waals surface area (Å²) in [4.78, 5) is 0. The summed E-state index contributed by atoms with van der Waals surface area (Å²) in [6.45, 7) is 7.15. The van der Waals surface area contributed by atoms with Gasteiger partial charge in [0.1, 0.15) is 0 Å². The first kappa shape index (κ1) is 15.0. The van der Waals surface area contributed by atoms with E-state index in [1.165, 1.54) is 10.9 Å². The van der Waals surface area contributed by atoms with Crippen LogP contribution in [0.5, 0.6) is 0 Å². The molecule has 20 heavy (non-hydrogen) atoms. The quantitative estimate of drug-likeness (QED) is 0.728. The maximum atomic E-state index is 8.98. The van der Waals surface area contributed by atoms with Crippen LogP contribution in [0, 0.1) is 5.92 Å². The topological polar surface area (TPSA) is 50.1 Å². The number of aryl methyl sites for hydroxylation is 1. The van der Waals surface area contributed by atoms with Crippen molar-refractivity contribution in [1.82, 2.24) is 15.1 Å². The first-order chi connectivity index (χ1) is 9.76. The van der Waals surface area contributed by atoms with Crippen LogP contribution in [0.3, 0.4) is 0 Å². The molecule has 2 rings (SSSR count). The van der Waals surface area contributed by atoms with Crippen molar-refractivity contribution in [2.45, 2.75) is 39.8 Å². The van der Waals surface area contributed by atoms with E-state index in [4.69, 9.17) is 5.11 Å². The van der Waals surface area contributed by atoms with Crippen LogP contribution < -0.4 is 5.32 Å². The van der Waals surface area contributed by atoms with E-state index in [1.807, 2.05) is 0 Å². The molecule has 0 saturated heterocycles. The summed E-state index contributed by atoms with van der Waals surface area (Å²) >= 11 is 0. The fraction of sp³-hybridized carbons (Fsp3) is 0.562. The van der Waals surface area contributed by atoms with Crippen LogP contribution in [0.2, 0.25) is 0 Å². The number of fused-ring (bicyclic) bond motifs is 1. The summed E-state index contributed by atoms with van der Waals surface area (Å²) in [5.41, 5.74) is 2.33. The Labute approximate surface area is 120 Å². The molecule has 0 aliphatic heterocycles. The lowest BCUT2D eigenvalue weighted by Gasteiger charge is -2.07. The second-order valence-corrected chi connectivity index (χ2v) is 5.39. The molecule has 1 heterocycles. The average molecular weight is 275 g/mol. The van der Waals surface area contributed by atoms with Crippen molar-refractivity contribution in [3.8, 4) is 0 Å². The van der Waals surface area contributed by atoms with Crippen LogP contribution in [0.25, 0.3) is 10.9 Å². The van der Waals surface area contributed by atoms with Crippen LogP contribution in [0.15, 0.2) is 24.3 Å². The number of hydrogen-bond acceptors (Lipinski definition) is 3. The summed E-state index contributed by atoms with van der Waals surface area (Å²) in [6.07, 6.45) is 2.15. The summed E-state index contributed by atoms with van der Waals surface area (Å²) in [5, 5.41) is 18.3. The molecule has 2 aromatic rings. The van der Waals surface area contributed by atoms with E-state index in [-0.39, 0.29) is 6.61 Å². The van der Waals surface area contributed by atoms with Crippen molar-refractivity contribution in [1.29, 1.82) is 0 Å². The number of benzene rings is 1. The Kier molecular flexibility index (Phi) is 5.56. The molecule has 0 aliphatic rings. The molecular formula is C16H25N3O. The van der Waals surface area contributed by atoms with Crippen molar-refractivity contribution in [2.75, 3.05) is 13.2 Å². The van der Waals surface area contributed by atoms with Gasteiger partial charge in [0.2, 0.25) is 0 Å². The number of nitrogens with one attached hydrogen (secondary N) is 1. The van der Waals surface area contributed by atoms with Crippen molar-refractivity contribution < 1.29 is 5.11 Å². The lowest BCUT2D eigenvalue weighted by molar-refractivity contribution is 0.228. The number of rotatable bonds is 8. The molecule has 4 nitrogen and oxygen atoms in total. The molecule has 1 aromatic carbocycles. The molecule has 0 saturated carbocycles. The highest BCUT2D eigenvalue weighted by Gasteiger charge is 2.08. The zero-order valence-electron chi connectivity index (χ0n) is 12.5. The van der Waals surface area contributed by atoms with Gasteiger partial charge >= 0.3 is 0 Å². The van der Waals surface area contributed by atoms with Gasteiger partial charge in [-0.05, 0) is 38.3 Å². The minimum absolute atomic E-state index is 0.283. The minimum Gasteiger partial charge on any atom is -0.396 e. The number of nitrogens with zero attached hydrogens (tertiary/aromatic N) is 2. The van der Waals surface area contributed by atoms with Gasteiger partial charge in [-0.2, -0.15) is 5.10 Å². The maximum Gasteiger partial charge on any atom is 0.0841 e. The van der Waals surface area contributed by atoms with E-state index < -0.39 is 0 Å². The van der Waals surface area contributed by atoms with Crippen molar-refractivity contribution in [2.24, 2.45) is 5.92 Å². The molecule has 0 spiro atoms. The minimum atomic E-state index is 0.283. The molecule has 110 valence electrons. The Morgan fingerprint density at radius 3 is 2.90 bits per heavy atom. The van der Waals surface area contributed by atoms with Gasteiger partial charge in [0.15, 0.2) is 0 Å². The molecular weight excluding hydrogens is 250 g/mol. The Morgan fingerprint density at radius 1 is 1.35 bits per heavy atom. The highest BCUT2D eigenvalue weighted by Crippen LogP contribution is 2.18. The average Bonchev–Trinajstić information content (AvgIpc) is 2.85. The standard InChI is InChI=1S/C16H25N3O/c1-3-19-16-9-5-4-8-14(16)15(18-19)11-17-10-6-7-13(2)12-20/h4-5,8-9,13,17,20H,3,6-7,10-12H2,1-2H3. The number of hydrogen-bond donors (Lipinski definition) is 2. The molecule has 1 aromatic heterocycles. The van der Waals surface area contributed by atoms with Gasteiger partial charge in [0.25, 0.3) is 0 Å². The van der Waals surface area contributed by atoms with E-state index in [9.17, 15) is 0 Å². The zero-order valence-corrected chi connectivity index (χ0v) is 12.5. The third-order valence-electron chi connectivity index (χ3n) is 3.69. The third-order valence-corrected chi connectivity index (χ3v) is 3.69. The van der Waals surface area contributed by atoms with Crippen molar-refractivity contribution in [3.05, 3.63) is 30.0 Å². The molecule has 0 aliphatic carbocycles. The predicted molar refractivity (Wildman–Crippen MR) is 82.6 cm³/mol. The first-order valence-electron chi connectivity index (χ1n) is 7.52. The van der Waals surface area contributed by atoms with Crippen molar-refractivity contribution >= 4 is 10.9 Å². The van der Waals surface area contributed by atoms with E-state index in [0.29, 0.717) is 5.92 Å². The van der Waals surface area contributed by atoms with E-state index in [0.717, 1.165) is 38.2 Å². The Balaban J connectivity index is 1.90. The van der Waals surface area contributed by atoms with Gasteiger partial charge in [-0.25, -0.2) is 0 Å². The monoisotopic (exact) mass is 275 g/mol. The second kappa shape index (κ2) is 7.41. The van der Waals surface area contributed by atoms with E-state index in [2.05, 4.69) is 53.2 Å². The molecule has 4 heteroatoms. The van der Waals surface area contributed by atoms with Gasteiger partial charge in [0, 0.05) is 25.1 Å². The highest BCUT2D eigenvalue weighted by atomic mass is 16.3.